The van der Waals surface area contributed by atoms with Crippen LogP contribution in [-0.4, -0.2) is 19.3 Å². The van der Waals surface area contributed by atoms with Crippen molar-refractivity contribution in [3.63, 3.8) is 0 Å². The molecule has 0 aliphatic carbocycles. The molecular weight excluding hydrogens is 276 g/mol. The molecule has 0 bridgehead atoms. The van der Waals surface area contributed by atoms with E-state index < -0.39 is 0 Å². The van der Waals surface area contributed by atoms with Gasteiger partial charge in [0.1, 0.15) is 0 Å². The van der Waals surface area contributed by atoms with Gasteiger partial charge in [0.25, 0.3) is 5.56 Å². The van der Waals surface area contributed by atoms with Crippen LogP contribution in [0.5, 0.6) is 0 Å². The lowest BCUT2D eigenvalue weighted by Crippen LogP contribution is -2.26. The van der Waals surface area contributed by atoms with Gasteiger partial charge in [-0.3, -0.25) is 9.78 Å². The molecule has 3 aromatic heterocycles. The highest BCUT2D eigenvalue weighted by atomic mass is 16.1. The van der Waals surface area contributed by atoms with Gasteiger partial charge in [-0.05, 0) is 43.9 Å². The predicted molar refractivity (Wildman–Crippen MR) is 85.0 cm³/mol. The molecule has 0 radical (unpaired) electrons. The van der Waals surface area contributed by atoms with Crippen LogP contribution in [0, 0.1) is 0 Å². The number of nitrogens with zero attached hydrogens (tertiary/aromatic N) is 4. The summed E-state index contributed by atoms with van der Waals surface area (Å²) in [5.41, 5.74) is 2.28. The minimum Gasteiger partial charge on any atom is -0.350 e. The van der Waals surface area contributed by atoms with E-state index in [4.69, 9.17) is 0 Å². The molecule has 0 saturated heterocycles. The van der Waals surface area contributed by atoms with E-state index in [9.17, 15) is 4.79 Å². The fraction of sp³-hybridized carbons (Fsp3) is 0.353. The number of hydrogen-bond acceptors (Lipinski definition) is 3. The molecule has 0 amide bonds. The quantitative estimate of drug-likeness (QED) is 0.730. The van der Waals surface area contributed by atoms with E-state index in [0.717, 1.165) is 29.3 Å². The third kappa shape index (κ3) is 1.96. The van der Waals surface area contributed by atoms with Gasteiger partial charge in [0.2, 0.25) is 0 Å². The Morgan fingerprint density at radius 3 is 2.82 bits per heavy atom. The lowest BCUT2D eigenvalue weighted by molar-refractivity contribution is 0.535. The van der Waals surface area contributed by atoms with Crippen LogP contribution in [0.1, 0.15) is 37.1 Å². The fourth-order valence-corrected chi connectivity index (χ4v) is 3.34. The molecule has 1 unspecified atom stereocenters. The Hall–Kier alpha value is -2.43. The number of pyridine rings is 1. The number of aryl methyl sites for hydroxylation is 2. The molecule has 0 aromatic carbocycles. The molecule has 1 aliphatic heterocycles. The van der Waals surface area contributed by atoms with Gasteiger partial charge in [-0.2, -0.15) is 5.10 Å². The Labute approximate surface area is 128 Å². The van der Waals surface area contributed by atoms with Gasteiger partial charge >= 0.3 is 0 Å². The highest BCUT2D eigenvalue weighted by Crippen LogP contribution is 2.24. The van der Waals surface area contributed by atoms with E-state index in [-0.39, 0.29) is 11.6 Å². The summed E-state index contributed by atoms with van der Waals surface area (Å²) in [4.78, 5) is 16.9. The van der Waals surface area contributed by atoms with Crippen molar-refractivity contribution >= 4 is 10.8 Å². The number of rotatable bonds is 2. The van der Waals surface area contributed by atoms with Crippen molar-refractivity contribution in [2.75, 3.05) is 0 Å². The van der Waals surface area contributed by atoms with Crippen molar-refractivity contribution in [2.24, 2.45) is 0 Å². The van der Waals surface area contributed by atoms with Crippen molar-refractivity contribution in [3.8, 4) is 0 Å². The van der Waals surface area contributed by atoms with Crippen LogP contribution in [0.15, 0.2) is 41.7 Å². The predicted octanol–water partition coefficient (Wildman–Crippen LogP) is 2.54. The highest BCUT2D eigenvalue weighted by molar-refractivity contribution is 5.84. The zero-order valence-electron chi connectivity index (χ0n) is 12.6. The summed E-state index contributed by atoms with van der Waals surface area (Å²) in [6.07, 6.45) is 10.8. The van der Waals surface area contributed by atoms with E-state index in [1.54, 1.807) is 17.1 Å². The average Bonchev–Trinajstić information content (AvgIpc) is 2.95. The summed E-state index contributed by atoms with van der Waals surface area (Å²) >= 11 is 0. The SMILES string of the molecule is CC(c1ccncc1)n1ncc2c3n(cc2c1=O)CCCC3. The van der Waals surface area contributed by atoms with Gasteiger partial charge < -0.3 is 4.57 Å². The van der Waals surface area contributed by atoms with Crippen molar-refractivity contribution in [1.29, 1.82) is 0 Å². The zero-order chi connectivity index (χ0) is 15.1. The van der Waals surface area contributed by atoms with Crippen molar-refractivity contribution in [3.05, 3.63) is 58.5 Å². The van der Waals surface area contributed by atoms with Crippen LogP contribution < -0.4 is 5.56 Å². The molecular formula is C17H18N4O. The number of aromatic nitrogens is 4. The van der Waals surface area contributed by atoms with Gasteiger partial charge in [0.15, 0.2) is 0 Å². The van der Waals surface area contributed by atoms with E-state index >= 15 is 0 Å². The second-order valence-corrected chi connectivity index (χ2v) is 5.90. The van der Waals surface area contributed by atoms with Crippen LogP contribution in [-0.2, 0) is 13.0 Å². The Bertz CT molecular complexity index is 879. The molecule has 0 spiro atoms. The third-order valence-electron chi connectivity index (χ3n) is 4.60. The molecule has 112 valence electrons. The fourth-order valence-electron chi connectivity index (χ4n) is 3.34. The summed E-state index contributed by atoms with van der Waals surface area (Å²) < 4.78 is 3.79. The molecule has 22 heavy (non-hydrogen) atoms. The first-order chi connectivity index (χ1) is 10.8. The molecule has 5 nitrogen and oxygen atoms in total. The third-order valence-corrected chi connectivity index (χ3v) is 4.60. The maximum atomic E-state index is 12.8. The summed E-state index contributed by atoms with van der Waals surface area (Å²) in [5, 5.41) is 6.24. The van der Waals surface area contributed by atoms with E-state index in [1.807, 2.05) is 31.5 Å². The van der Waals surface area contributed by atoms with Gasteiger partial charge in [0.05, 0.1) is 17.6 Å². The minimum absolute atomic E-state index is 0.0105. The topological polar surface area (TPSA) is 52.7 Å². The first-order valence-corrected chi connectivity index (χ1v) is 7.75. The van der Waals surface area contributed by atoms with Crippen molar-refractivity contribution < 1.29 is 0 Å². The van der Waals surface area contributed by atoms with Crippen LogP contribution in [0.4, 0.5) is 0 Å². The molecule has 1 aliphatic rings. The normalized spacial score (nSPS) is 15.7. The average molecular weight is 294 g/mol. The molecule has 3 aromatic rings. The summed E-state index contributed by atoms with van der Waals surface area (Å²) in [5.74, 6) is 0. The number of fused-ring (bicyclic) bond motifs is 3. The second-order valence-electron chi connectivity index (χ2n) is 5.90. The highest BCUT2D eigenvalue weighted by Gasteiger charge is 2.18. The standard InChI is InChI=1S/C17H18N4O/c1-12(13-5-7-18-8-6-13)21-17(22)15-11-20-9-3-2-4-16(20)14(15)10-19-21/h5-8,10-12H,2-4,9H2,1H3. The summed E-state index contributed by atoms with van der Waals surface area (Å²) in [6, 6.07) is 3.75. The Morgan fingerprint density at radius 2 is 2.00 bits per heavy atom. The largest absolute Gasteiger partial charge is 0.350 e. The van der Waals surface area contributed by atoms with Gasteiger partial charge in [-0.25, -0.2) is 4.68 Å². The smallest absolute Gasteiger partial charge is 0.276 e. The minimum atomic E-state index is -0.100. The monoisotopic (exact) mass is 294 g/mol. The van der Waals surface area contributed by atoms with Crippen molar-refractivity contribution in [1.82, 2.24) is 19.3 Å². The van der Waals surface area contributed by atoms with Gasteiger partial charge in [0, 0.05) is 36.2 Å². The van der Waals surface area contributed by atoms with Crippen LogP contribution in [0.25, 0.3) is 10.8 Å². The first-order valence-electron chi connectivity index (χ1n) is 7.75. The van der Waals surface area contributed by atoms with E-state index in [1.165, 1.54) is 18.5 Å². The summed E-state index contributed by atoms with van der Waals surface area (Å²) in [7, 11) is 0. The first kappa shape index (κ1) is 13.2. The van der Waals surface area contributed by atoms with Crippen LogP contribution in [0.2, 0.25) is 0 Å². The Balaban J connectivity index is 1.87. The molecule has 0 saturated carbocycles. The van der Waals surface area contributed by atoms with Gasteiger partial charge in [-0.1, -0.05) is 0 Å². The lowest BCUT2D eigenvalue weighted by Gasteiger charge is -2.15. The van der Waals surface area contributed by atoms with E-state index in [2.05, 4.69) is 14.6 Å². The maximum Gasteiger partial charge on any atom is 0.276 e. The molecule has 5 heteroatoms. The van der Waals surface area contributed by atoms with Crippen LogP contribution in [0.3, 0.4) is 0 Å². The zero-order valence-corrected chi connectivity index (χ0v) is 12.6. The molecule has 0 fully saturated rings. The molecule has 0 N–H and O–H groups in total. The maximum absolute atomic E-state index is 12.8. The van der Waals surface area contributed by atoms with E-state index in [0.29, 0.717) is 0 Å². The van der Waals surface area contributed by atoms with Crippen LogP contribution >= 0.6 is 0 Å². The van der Waals surface area contributed by atoms with Gasteiger partial charge in [-0.15, -0.1) is 0 Å². The number of hydrogen-bond donors (Lipinski definition) is 0. The molecule has 4 rings (SSSR count). The lowest BCUT2D eigenvalue weighted by atomic mass is 10.1. The summed E-state index contributed by atoms with van der Waals surface area (Å²) in [6.45, 7) is 2.99. The Kier molecular flexibility index (Phi) is 3.06. The Morgan fingerprint density at radius 1 is 1.18 bits per heavy atom. The molecule has 1 atom stereocenters. The molecule has 4 heterocycles. The van der Waals surface area contributed by atoms with Crippen molar-refractivity contribution in [2.45, 2.75) is 38.8 Å². The second kappa shape index (κ2) is 5.09.